The van der Waals surface area contributed by atoms with Crippen molar-refractivity contribution in [1.29, 1.82) is 5.26 Å². The molecule has 0 aliphatic carbocycles. The molecule has 0 spiro atoms. The van der Waals surface area contributed by atoms with Gasteiger partial charge in [-0.15, -0.1) is 0 Å². The zero-order valence-electron chi connectivity index (χ0n) is 15.5. The highest BCUT2D eigenvalue weighted by atomic mass is 127. The van der Waals surface area contributed by atoms with Crippen molar-refractivity contribution in [3.63, 3.8) is 0 Å². The Morgan fingerprint density at radius 2 is 1.77 bits per heavy atom. The van der Waals surface area contributed by atoms with Gasteiger partial charge >= 0.3 is 0 Å². The highest BCUT2D eigenvalue weighted by Gasteiger charge is 2.20. The number of carbonyl (C=O) groups excluding carboxylic acids is 1. The fraction of sp³-hybridized carbons (Fsp3) is 0.0909. The topological polar surface area (TPSA) is 73.1 Å². The molecular formula is C22H14Cl3IN2O2. The number of anilines is 1. The number of nitriles is 1. The van der Waals surface area contributed by atoms with Crippen molar-refractivity contribution in [1.82, 2.24) is 0 Å². The number of amides is 1. The standard InChI is InChI=1S/C22H14Cl3IN2O2/c1-11-6-15(17(10-27)12-2-4-13(23)5-3-12)18(24)9-20(11)28-22(30)16-7-14(26)8-19(25)21(16)29/h2-9,17,29H,1H3,(H,28,30)/t17-/m0/s1. The average molecular weight is 572 g/mol. The van der Waals surface area contributed by atoms with Crippen LogP contribution >= 0.6 is 57.4 Å². The molecule has 2 N–H and O–H groups in total. The van der Waals surface area contributed by atoms with Gasteiger partial charge < -0.3 is 10.4 Å². The summed E-state index contributed by atoms with van der Waals surface area (Å²) in [6.07, 6.45) is 0. The van der Waals surface area contributed by atoms with Gasteiger partial charge in [0.25, 0.3) is 5.91 Å². The van der Waals surface area contributed by atoms with E-state index in [9.17, 15) is 15.2 Å². The molecule has 0 heterocycles. The van der Waals surface area contributed by atoms with E-state index in [0.29, 0.717) is 30.4 Å². The van der Waals surface area contributed by atoms with Gasteiger partial charge in [-0.2, -0.15) is 5.26 Å². The summed E-state index contributed by atoms with van der Waals surface area (Å²) in [6.45, 7) is 1.80. The summed E-state index contributed by atoms with van der Waals surface area (Å²) in [5, 5.41) is 23.6. The first kappa shape index (κ1) is 22.7. The van der Waals surface area contributed by atoms with Gasteiger partial charge in [-0.1, -0.05) is 53.0 Å². The predicted molar refractivity (Wildman–Crippen MR) is 129 cm³/mol. The van der Waals surface area contributed by atoms with Crippen LogP contribution in [0.15, 0.2) is 48.5 Å². The van der Waals surface area contributed by atoms with Crippen molar-refractivity contribution in [2.24, 2.45) is 0 Å². The van der Waals surface area contributed by atoms with Gasteiger partial charge in [0.05, 0.1) is 22.6 Å². The van der Waals surface area contributed by atoms with Crippen LogP contribution in [0.5, 0.6) is 5.75 Å². The van der Waals surface area contributed by atoms with Crippen molar-refractivity contribution < 1.29 is 9.90 Å². The van der Waals surface area contributed by atoms with Gasteiger partial charge in [0, 0.05) is 19.3 Å². The lowest BCUT2D eigenvalue weighted by Crippen LogP contribution is -2.14. The Labute approximate surface area is 202 Å². The van der Waals surface area contributed by atoms with Crippen LogP contribution in [0.3, 0.4) is 0 Å². The summed E-state index contributed by atoms with van der Waals surface area (Å²) in [7, 11) is 0. The number of benzene rings is 3. The smallest absolute Gasteiger partial charge is 0.259 e. The van der Waals surface area contributed by atoms with Crippen LogP contribution in [-0.4, -0.2) is 11.0 Å². The summed E-state index contributed by atoms with van der Waals surface area (Å²) < 4.78 is 0.713. The molecule has 30 heavy (non-hydrogen) atoms. The lowest BCUT2D eigenvalue weighted by atomic mass is 9.91. The first-order chi connectivity index (χ1) is 14.2. The Balaban J connectivity index is 1.94. The first-order valence-electron chi connectivity index (χ1n) is 8.65. The summed E-state index contributed by atoms with van der Waals surface area (Å²) in [5.74, 6) is -1.40. The van der Waals surface area contributed by atoms with Gasteiger partial charge in [0.15, 0.2) is 0 Å². The number of rotatable bonds is 4. The number of phenolic OH excluding ortho intramolecular Hbond substituents is 1. The monoisotopic (exact) mass is 570 g/mol. The minimum atomic E-state index is -0.586. The second-order valence-corrected chi connectivity index (χ2v) is 9.04. The Morgan fingerprint density at radius 1 is 1.10 bits per heavy atom. The molecule has 3 rings (SSSR count). The number of nitrogens with one attached hydrogen (secondary N) is 1. The molecule has 0 radical (unpaired) electrons. The molecule has 3 aromatic rings. The number of hydrogen-bond acceptors (Lipinski definition) is 3. The highest BCUT2D eigenvalue weighted by molar-refractivity contribution is 14.1. The Kier molecular flexibility index (Phi) is 7.14. The van der Waals surface area contributed by atoms with Crippen LogP contribution < -0.4 is 5.32 Å². The van der Waals surface area contributed by atoms with Gasteiger partial charge in [0.2, 0.25) is 0 Å². The molecule has 0 aliphatic heterocycles. The summed E-state index contributed by atoms with van der Waals surface area (Å²) in [6, 6.07) is 15.7. The number of aryl methyl sites for hydroxylation is 1. The molecule has 1 atom stereocenters. The third-order valence-electron chi connectivity index (χ3n) is 4.51. The van der Waals surface area contributed by atoms with E-state index in [-0.39, 0.29) is 16.3 Å². The van der Waals surface area contributed by atoms with Gasteiger partial charge in [-0.25, -0.2) is 0 Å². The van der Waals surface area contributed by atoms with E-state index in [4.69, 9.17) is 34.8 Å². The molecule has 0 aliphatic rings. The zero-order chi connectivity index (χ0) is 22.0. The number of phenols is 1. The largest absolute Gasteiger partial charge is 0.506 e. The van der Waals surface area contributed by atoms with Crippen LogP contribution in [0.1, 0.15) is 33.0 Å². The lowest BCUT2D eigenvalue weighted by Gasteiger charge is -2.16. The number of aromatic hydroxyl groups is 1. The summed E-state index contributed by atoms with van der Waals surface area (Å²) in [5.41, 5.74) is 2.63. The van der Waals surface area contributed by atoms with E-state index in [1.54, 1.807) is 49.4 Å². The average Bonchev–Trinajstić information content (AvgIpc) is 2.70. The number of carbonyl (C=O) groups is 1. The molecule has 0 aromatic heterocycles. The number of hydrogen-bond donors (Lipinski definition) is 2. The quantitative estimate of drug-likeness (QED) is 0.326. The SMILES string of the molecule is Cc1cc([C@@H](C#N)c2ccc(Cl)cc2)c(Cl)cc1NC(=O)c1cc(I)cc(Cl)c1O. The highest BCUT2D eigenvalue weighted by Crippen LogP contribution is 2.35. The Hall–Kier alpha value is -1.98. The van der Waals surface area contributed by atoms with E-state index in [0.717, 1.165) is 5.56 Å². The maximum absolute atomic E-state index is 12.7. The second-order valence-electron chi connectivity index (χ2n) is 6.54. The van der Waals surface area contributed by atoms with E-state index in [1.165, 1.54) is 6.07 Å². The lowest BCUT2D eigenvalue weighted by molar-refractivity contribution is 0.102. The van der Waals surface area contributed by atoms with E-state index in [1.807, 2.05) is 22.6 Å². The van der Waals surface area contributed by atoms with Crippen molar-refractivity contribution >= 4 is 69.0 Å². The van der Waals surface area contributed by atoms with Crippen molar-refractivity contribution in [2.45, 2.75) is 12.8 Å². The zero-order valence-corrected chi connectivity index (χ0v) is 19.9. The third-order valence-corrected chi connectivity index (χ3v) is 6.00. The van der Waals surface area contributed by atoms with E-state index >= 15 is 0 Å². The molecule has 0 fully saturated rings. The Bertz CT molecular complexity index is 1170. The van der Waals surface area contributed by atoms with Crippen LogP contribution in [-0.2, 0) is 0 Å². The minimum Gasteiger partial charge on any atom is -0.506 e. The molecule has 4 nitrogen and oxygen atoms in total. The summed E-state index contributed by atoms with van der Waals surface area (Å²) in [4.78, 5) is 12.7. The minimum absolute atomic E-state index is 0.0579. The maximum atomic E-state index is 12.7. The molecule has 0 unspecified atom stereocenters. The van der Waals surface area contributed by atoms with Gasteiger partial charge in [0.1, 0.15) is 5.75 Å². The molecule has 1 amide bonds. The molecule has 3 aromatic carbocycles. The second kappa shape index (κ2) is 9.44. The molecule has 152 valence electrons. The summed E-state index contributed by atoms with van der Waals surface area (Å²) >= 11 is 20.4. The first-order valence-corrected chi connectivity index (χ1v) is 10.9. The predicted octanol–water partition coefficient (Wildman–Crippen LogP) is 7.17. The van der Waals surface area contributed by atoms with Crippen molar-refractivity contribution in [3.05, 3.63) is 89.4 Å². The number of halogens is 4. The van der Waals surface area contributed by atoms with Gasteiger partial charge in [-0.05, 0) is 76.5 Å². The van der Waals surface area contributed by atoms with Crippen molar-refractivity contribution in [3.8, 4) is 11.8 Å². The van der Waals surface area contributed by atoms with E-state index in [2.05, 4.69) is 11.4 Å². The third kappa shape index (κ3) is 4.84. The normalized spacial score (nSPS) is 11.6. The van der Waals surface area contributed by atoms with E-state index < -0.39 is 11.8 Å². The molecule has 0 saturated heterocycles. The fourth-order valence-corrected chi connectivity index (χ4v) is 4.39. The molecular weight excluding hydrogens is 558 g/mol. The van der Waals surface area contributed by atoms with Crippen LogP contribution in [0.25, 0.3) is 0 Å². The van der Waals surface area contributed by atoms with Crippen LogP contribution in [0.2, 0.25) is 15.1 Å². The molecule has 8 heteroatoms. The molecule has 0 saturated carbocycles. The van der Waals surface area contributed by atoms with Crippen LogP contribution in [0.4, 0.5) is 5.69 Å². The fourth-order valence-electron chi connectivity index (χ4n) is 2.97. The maximum Gasteiger partial charge on any atom is 0.259 e. The Morgan fingerprint density at radius 3 is 2.40 bits per heavy atom. The number of nitrogens with zero attached hydrogens (tertiary/aromatic N) is 1. The van der Waals surface area contributed by atoms with Crippen LogP contribution in [0, 0.1) is 21.8 Å². The van der Waals surface area contributed by atoms with Gasteiger partial charge in [-0.3, -0.25) is 4.79 Å². The van der Waals surface area contributed by atoms with Crippen molar-refractivity contribution in [2.75, 3.05) is 5.32 Å². The molecule has 0 bridgehead atoms.